The van der Waals surface area contributed by atoms with E-state index >= 15 is 0 Å². The number of carbonyl (C=O) groups is 1. The summed E-state index contributed by atoms with van der Waals surface area (Å²) in [6, 6.07) is 0. The van der Waals surface area contributed by atoms with Crippen LogP contribution < -0.4 is 4.72 Å². The van der Waals surface area contributed by atoms with Crippen molar-refractivity contribution in [2.45, 2.75) is 0 Å². The Kier molecular flexibility index (Phi) is 1.69. The van der Waals surface area contributed by atoms with Crippen LogP contribution in [0.1, 0.15) is 10.6 Å². The average molecular weight is 145 g/mol. The van der Waals surface area contributed by atoms with Crippen LogP contribution in [0, 0.1) is 0 Å². The van der Waals surface area contributed by atoms with Crippen molar-refractivity contribution in [2.24, 2.45) is 0 Å². The number of aromatic nitrogens is 2. The molecule has 0 aliphatic carbocycles. The molecule has 0 fully saturated rings. The van der Waals surface area contributed by atoms with Gasteiger partial charge < -0.3 is 4.52 Å². The summed E-state index contributed by atoms with van der Waals surface area (Å²) in [6.45, 7) is 0. The van der Waals surface area contributed by atoms with Gasteiger partial charge in [-0.25, -0.2) is 0 Å². The Balaban J connectivity index is 2.77. The zero-order valence-electron chi connectivity index (χ0n) is 4.24. The summed E-state index contributed by atoms with van der Waals surface area (Å²) in [7, 11) is 0. The Bertz CT molecular complexity index is 197. The molecule has 0 saturated carbocycles. The van der Waals surface area contributed by atoms with E-state index in [1.807, 2.05) is 4.72 Å². The van der Waals surface area contributed by atoms with E-state index in [-0.39, 0.29) is 5.82 Å². The zero-order chi connectivity index (χ0) is 6.69. The van der Waals surface area contributed by atoms with Crippen LogP contribution in [-0.4, -0.2) is 16.0 Å². The summed E-state index contributed by atoms with van der Waals surface area (Å²) in [5, 5.41) is 3.24. The first-order chi connectivity index (χ1) is 4.34. The van der Waals surface area contributed by atoms with E-state index in [0.29, 0.717) is 0 Å². The first-order valence-electron chi connectivity index (χ1n) is 2.05. The SMILES string of the molecule is O=C(NS)c1ncon1. The van der Waals surface area contributed by atoms with Crippen molar-refractivity contribution in [1.82, 2.24) is 14.9 Å². The van der Waals surface area contributed by atoms with Crippen molar-refractivity contribution < 1.29 is 9.32 Å². The monoisotopic (exact) mass is 145 g/mol. The van der Waals surface area contributed by atoms with Gasteiger partial charge in [-0.2, -0.15) is 4.98 Å². The topological polar surface area (TPSA) is 68.0 Å². The van der Waals surface area contributed by atoms with Crippen LogP contribution >= 0.6 is 12.8 Å². The molecule has 0 bridgehead atoms. The molecule has 0 spiro atoms. The molecule has 0 radical (unpaired) electrons. The molecule has 1 aromatic rings. The summed E-state index contributed by atoms with van der Waals surface area (Å²) >= 11 is 3.48. The zero-order valence-corrected chi connectivity index (χ0v) is 5.13. The van der Waals surface area contributed by atoms with Gasteiger partial charge in [-0.1, -0.05) is 18.0 Å². The summed E-state index contributed by atoms with van der Waals surface area (Å²) in [6.07, 6.45) is 1.07. The first-order valence-corrected chi connectivity index (χ1v) is 2.50. The number of hydrogen-bond donors (Lipinski definition) is 2. The number of thiol groups is 1. The molecule has 1 aromatic heterocycles. The molecule has 1 heterocycles. The number of nitrogens with one attached hydrogen (secondary N) is 1. The molecule has 1 rings (SSSR count). The maximum atomic E-state index is 10.5. The Morgan fingerprint density at radius 1 is 1.89 bits per heavy atom. The fourth-order valence-electron chi connectivity index (χ4n) is 0.321. The van der Waals surface area contributed by atoms with Crippen molar-refractivity contribution in [2.75, 3.05) is 0 Å². The Morgan fingerprint density at radius 2 is 2.67 bits per heavy atom. The summed E-state index contributed by atoms with van der Waals surface area (Å²) in [5.41, 5.74) is 0. The van der Waals surface area contributed by atoms with E-state index in [4.69, 9.17) is 0 Å². The lowest BCUT2D eigenvalue weighted by atomic mass is 10.6. The predicted molar refractivity (Wildman–Crippen MR) is 30.8 cm³/mol. The highest BCUT2D eigenvalue weighted by Crippen LogP contribution is 1.86. The summed E-state index contributed by atoms with van der Waals surface area (Å²) < 4.78 is 6.32. The molecule has 6 heteroatoms. The van der Waals surface area contributed by atoms with Gasteiger partial charge in [-0.3, -0.25) is 9.52 Å². The van der Waals surface area contributed by atoms with Crippen molar-refractivity contribution in [3.8, 4) is 0 Å². The van der Waals surface area contributed by atoms with E-state index in [1.54, 1.807) is 0 Å². The largest absolute Gasteiger partial charge is 0.342 e. The van der Waals surface area contributed by atoms with E-state index < -0.39 is 5.91 Å². The van der Waals surface area contributed by atoms with Crippen LogP contribution in [-0.2, 0) is 0 Å². The lowest BCUT2D eigenvalue weighted by Crippen LogP contribution is -2.13. The van der Waals surface area contributed by atoms with Crippen LogP contribution in [0.4, 0.5) is 0 Å². The molecule has 1 amide bonds. The van der Waals surface area contributed by atoms with Crippen LogP contribution in [0.5, 0.6) is 0 Å². The number of rotatable bonds is 1. The molecular formula is C3H3N3O2S. The fraction of sp³-hybridized carbons (Fsp3) is 0. The van der Waals surface area contributed by atoms with E-state index in [0.717, 1.165) is 6.39 Å². The molecule has 1 N–H and O–H groups in total. The van der Waals surface area contributed by atoms with Crippen molar-refractivity contribution in [1.29, 1.82) is 0 Å². The number of hydrogen-bond acceptors (Lipinski definition) is 5. The normalized spacial score (nSPS) is 9.00. The highest BCUT2D eigenvalue weighted by atomic mass is 32.1. The van der Waals surface area contributed by atoms with Gasteiger partial charge in [0, 0.05) is 0 Å². The maximum absolute atomic E-state index is 10.5. The van der Waals surface area contributed by atoms with E-state index in [9.17, 15) is 4.79 Å². The molecule has 0 aromatic carbocycles. The highest BCUT2D eigenvalue weighted by molar-refractivity contribution is 7.78. The Labute approximate surface area is 56.0 Å². The smallest absolute Gasteiger partial charge is 0.302 e. The highest BCUT2D eigenvalue weighted by Gasteiger charge is 2.06. The molecule has 0 unspecified atom stereocenters. The fourth-order valence-corrected chi connectivity index (χ4v) is 0.421. The van der Waals surface area contributed by atoms with Gasteiger partial charge in [0.1, 0.15) is 0 Å². The Hall–Kier alpha value is -1.04. The lowest BCUT2D eigenvalue weighted by Gasteiger charge is -1.85. The van der Waals surface area contributed by atoms with E-state index in [1.165, 1.54) is 0 Å². The molecule has 0 atom stereocenters. The van der Waals surface area contributed by atoms with Gasteiger partial charge in [-0.15, -0.1) is 0 Å². The first kappa shape index (κ1) is 6.09. The van der Waals surface area contributed by atoms with Gasteiger partial charge in [-0.05, 0) is 0 Å². The van der Waals surface area contributed by atoms with Crippen LogP contribution in [0.2, 0.25) is 0 Å². The molecule has 9 heavy (non-hydrogen) atoms. The van der Waals surface area contributed by atoms with Crippen molar-refractivity contribution in [3.63, 3.8) is 0 Å². The molecule has 0 aliphatic heterocycles. The van der Waals surface area contributed by atoms with Crippen molar-refractivity contribution >= 4 is 18.7 Å². The summed E-state index contributed by atoms with van der Waals surface area (Å²) in [4.78, 5) is 14.0. The third kappa shape index (κ3) is 1.20. The maximum Gasteiger partial charge on any atom is 0.302 e. The number of nitrogens with zero attached hydrogens (tertiary/aromatic N) is 2. The second-order valence-electron chi connectivity index (χ2n) is 1.20. The predicted octanol–water partition coefficient (Wildman–Crippen LogP) is -0.356. The molecule has 0 aliphatic rings. The number of carbonyl (C=O) groups excluding carboxylic acids is 1. The number of amides is 1. The summed E-state index contributed by atoms with van der Waals surface area (Å²) in [5.74, 6) is -0.503. The minimum absolute atomic E-state index is 0.0231. The van der Waals surface area contributed by atoms with Crippen LogP contribution in [0.25, 0.3) is 0 Å². The molecular weight excluding hydrogens is 142 g/mol. The van der Waals surface area contributed by atoms with Crippen LogP contribution in [0.3, 0.4) is 0 Å². The van der Waals surface area contributed by atoms with Gasteiger partial charge in [0.2, 0.25) is 6.39 Å². The lowest BCUT2D eigenvalue weighted by molar-refractivity contribution is 0.0972. The van der Waals surface area contributed by atoms with Gasteiger partial charge in [0.05, 0.1) is 0 Å². The third-order valence-electron chi connectivity index (χ3n) is 0.666. The van der Waals surface area contributed by atoms with Gasteiger partial charge in [0.25, 0.3) is 5.82 Å². The molecule has 5 nitrogen and oxygen atoms in total. The quantitative estimate of drug-likeness (QED) is 0.530. The molecule has 0 saturated heterocycles. The van der Waals surface area contributed by atoms with Gasteiger partial charge in [0.15, 0.2) is 0 Å². The standard InChI is InChI=1S/C3H3N3O2S/c7-3(6-9)2-4-1-8-5-2/h1,9H,(H,6,7). The average Bonchev–Trinajstić information content (AvgIpc) is 2.37. The molecule has 48 valence electrons. The minimum atomic E-state index is -0.480. The van der Waals surface area contributed by atoms with Crippen LogP contribution in [0.15, 0.2) is 10.9 Å². The minimum Gasteiger partial charge on any atom is -0.342 e. The van der Waals surface area contributed by atoms with E-state index in [2.05, 4.69) is 27.5 Å². The second kappa shape index (κ2) is 2.49. The van der Waals surface area contributed by atoms with Gasteiger partial charge >= 0.3 is 5.91 Å². The van der Waals surface area contributed by atoms with Crippen molar-refractivity contribution in [3.05, 3.63) is 12.2 Å². The second-order valence-corrected chi connectivity index (χ2v) is 1.42. The Morgan fingerprint density at radius 3 is 3.11 bits per heavy atom. The third-order valence-corrected chi connectivity index (χ3v) is 0.869.